The van der Waals surface area contributed by atoms with E-state index in [1.165, 1.54) is 27.8 Å². The Morgan fingerprint density at radius 3 is 1.97 bits per heavy atom. The fourth-order valence-corrected chi connectivity index (χ4v) is 5.34. The molecule has 0 unspecified atom stereocenters. The Hall–Kier alpha value is -3.65. The number of hydrogen-bond donors (Lipinski definition) is 1. The molecule has 0 fully saturated rings. The second-order valence-electron chi connectivity index (χ2n) is 8.96. The van der Waals surface area contributed by atoms with Gasteiger partial charge in [0, 0.05) is 22.1 Å². The quantitative estimate of drug-likeness (QED) is 0.305. The minimum atomic E-state index is -0.0462. The molecule has 0 bridgehead atoms. The third-order valence-electron chi connectivity index (χ3n) is 6.87. The van der Waals surface area contributed by atoms with Gasteiger partial charge in [0.15, 0.2) is 0 Å². The molecule has 1 N–H and O–H groups in total. The first-order valence-electron chi connectivity index (χ1n) is 10.7. The first-order chi connectivity index (χ1) is 15.1. The van der Waals surface area contributed by atoms with Crippen LogP contribution in [0.2, 0.25) is 0 Å². The summed E-state index contributed by atoms with van der Waals surface area (Å²) in [5.41, 5.74) is 8.10. The van der Waals surface area contributed by atoms with Crippen molar-refractivity contribution in [2.45, 2.75) is 25.2 Å². The van der Waals surface area contributed by atoms with Crippen molar-refractivity contribution >= 4 is 21.9 Å². The van der Waals surface area contributed by atoms with Crippen LogP contribution in [0.4, 0.5) is 0 Å². The second-order valence-corrected chi connectivity index (χ2v) is 8.96. The number of para-hydroxylation sites is 1. The Kier molecular flexibility index (Phi) is 3.76. The highest BCUT2D eigenvalue weighted by Crippen LogP contribution is 2.49. The average Bonchev–Trinajstić information content (AvgIpc) is 2.79. The number of rotatable bonds is 1. The summed E-state index contributed by atoms with van der Waals surface area (Å²) < 4.78 is 6.26. The Bertz CT molecular complexity index is 1490. The van der Waals surface area contributed by atoms with Crippen LogP contribution >= 0.6 is 0 Å². The first kappa shape index (κ1) is 18.1. The summed E-state index contributed by atoms with van der Waals surface area (Å²) in [7, 11) is 0. The molecule has 150 valence electrons. The van der Waals surface area contributed by atoms with Gasteiger partial charge in [0.2, 0.25) is 0 Å². The van der Waals surface area contributed by atoms with Crippen molar-refractivity contribution in [2.24, 2.45) is 0 Å². The molecule has 4 aromatic carbocycles. The minimum Gasteiger partial charge on any atom is -0.456 e. The summed E-state index contributed by atoms with van der Waals surface area (Å²) >= 11 is 0. The van der Waals surface area contributed by atoms with Crippen LogP contribution in [-0.4, -0.2) is 0 Å². The summed E-state index contributed by atoms with van der Waals surface area (Å²) in [5, 5.41) is 10.9. The van der Waals surface area contributed by atoms with Gasteiger partial charge >= 0.3 is 0 Å². The summed E-state index contributed by atoms with van der Waals surface area (Å²) in [6.07, 6.45) is 0. The lowest BCUT2D eigenvalue weighted by Gasteiger charge is -2.39. The topological polar surface area (TPSA) is 37.0 Å². The van der Waals surface area contributed by atoms with Crippen LogP contribution in [0.1, 0.15) is 47.6 Å². The molecule has 1 aliphatic carbocycles. The molecule has 2 heteroatoms. The van der Waals surface area contributed by atoms with Crippen LogP contribution in [0.15, 0.2) is 95.4 Å². The fraction of sp³-hybridized carbons (Fsp3) is 0.138. The van der Waals surface area contributed by atoms with E-state index in [0.717, 1.165) is 21.9 Å². The molecule has 0 spiro atoms. The van der Waals surface area contributed by atoms with Crippen molar-refractivity contribution in [1.82, 2.24) is 0 Å². The van der Waals surface area contributed by atoms with Gasteiger partial charge in [-0.3, -0.25) is 5.41 Å². The molecule has 0 saturated heterocycles. The van der Waals surface area contributed by atoms with Crippen LogP contribution in [-0.2, 0) is 5.41 Å². The van der Waals surface area contributed by atoms with E-state index in [2.05, 4.69) is 74.5 Å². The lowest BCUT2D eigenvalue weighted by atomic mass is 9.64. The summed E-state index contributed by atoms with van der Waals surface area (Å²) in [5.74, 6) is 0.140. The molecule has 1 aliphatic rings. The normalized spacial score (nSPS) is 15.0. The molecule has 0 atom stereocenters. The van der Waals surface area contributed by atoms with E-state index in [-0.39, 0.29) is 11.3 Å². The fourth-order valence-electron chi connectivity index (χ4n) is 5.34. The zero-order valence-corrected chi connectivity index (χ0v) is 17.6. The maximum Gasteiger partial charge on any atom is 0.137 e. The molecule has 0 radical (unpaired) electrons. The highest BCUT2D eigenvalue weighted by Gasteiger charge is 2.37. The van der Waals surface area contributed by atoms with E-state index in [9.17, 15) is 0 Å². The lowest BCUT2D eigenvalue weighted by Crippen LogP contribution is -2.29. The second kappa shape index (κ2) is 6.42. The van der Waals surface area contributed by atoms with Crippen LogP contribution in [0.3, 0.4) is 0 Å². The smallest absolute Gasteiger partial charge is 0.137 e. The Labute approximate surface area is 181 Å². The van der Waals surface area contributed by atoms with Gasteiger partial charge in [-0.25, -0.2) is 0 Å². The minimum absolute atomic E-state index is 0.0462. The molecule has 1 heterocycles. The largest absolute Gasteiger partial charge is 0.456 e. The van der Waals surface area contributed by atoms with Crippen molar-refractivity contribution in [2.75, 3.05) is 0 Å². The van der Waals surface area contributed by atoms with Crippen molar-refractivity contribution in [1.29, 1.82) is 5.41 Å². The Morgan fingerprint density at radius 1 is 0.677 bits per heavy atom. The van der Waals surface area contributed by atoms with Gasteiger partial charge in [0.05, 0.1) is 5.36 Å². The number of benzene rings is 4. The number of fused-ring (bicyclic) bond motifs is 4. The highest BCUT2D eigenvalue weighted by molar-refractivity contribution is 5.89. The molecule has 31 heavy (non-hydrogen) atoms. The third kappa shape index (κ3) is 2.55. The molecule has 0 amide bonds. The van der Waals surface area contributed by atoms with Gasteiger partial charge in [0.1, 0.15) is 11.2 Å². The Balaban J connectivity index is 1.65. The standard InChI is InChI=1S/C29H23NO/c1-29(2)23-12-6-3-9-19(23)27(20-10-4-7-13-24(20)29)18-15-16-22-26(17-18)31-25-14-8-5-11-21(25)28(22)30/h3-17,27,30H,1-2H3. The number of hydrogen-bond acceptors (Lipinski definition) is 2. The van der Waals surface area contributed by atoms with Crippen LogP contribution in [0, 0.1) is 5.41 Å². The van der Waals surface area contributed by atoms with E-state index in [1.54, 1.807) is 0 Å². The highest BCUT2D eigenvalue weighted by atomic mass is 16.3. The zero-order chi connectivity index (χ0) is 21.2. The van der Waals surface area contributed by atoms with E-state index < -0.39 is 0 Å². The zero-order valence-electron chi connectivity index (χ0n) is 17.6. The van der Waals surface area contributed by atoms with Gasteiger partial charge < -0.3 is 4.42 Å². The lowest BCUT2D eigenvalue weighted by molar-refractivity contribution is 0.597. The van der Waals surface area contributed by atoms with E-state index >= 15 is 0 Å². The van der Waals surface area contributed by atoms with Crippen molar-refractivity contribution in [3.8, 4) is 0 Å². The maximum atomic E-state index is 8.67. The van der Waals surface area contributed by atoms with Gasteiger partial charge in [-0.2, -0.15) is 0 Å². The summed E-state index contributed by atoms with van der Waals surface area (Å²) in [6, 6.07) is 31.7. The average molecular weight is 402 g/mol. The molecular weight excluding hydrogens is 378 g/mol. The molecule has 1 aromatic heterocycles. The number of nitrogens with one attached hydrogen (secondary N) is 1. The first-order valence-corrected chi connectivity index (χ1v) is 10.7. The van der Waals surface area contributed by atoms with Gasteiger partial charge in [-0.15, -0.1) is 0 Å². The van der Waals surface area contributed by atoms with E-state index in [4.69, 9.17) is 9.83 Å². The Morgan fingerprint density at radius 2 is 1.26 bits per heavy atom. The molecule has 2 nitrogen and oxygen atoms in total. The third-order valence-corrected chi connectivity index (χ3v) is 6.87. The van der Waals surface area contributed by atoms with E-state index in [0.29, 0.717) is 5.36 Å². The van der Waals surface area contributed by atoms with Crippen molar-refractivity contribution in [3.05, 3.63) is 124 Å². The van der Waals surface area contributed by atoms with Gasteiger partial charge in [-0.05, 0) is 52.1 Å². The monoisotopic (exact) mass is 401 g/mol. The van der Waals surface area contributed by atoms with E-state index in [1.807, 2.05) is 30.3 Å². The molecule has 5 aromatic rings. The summed E-state index contributed by atoms with van der Waals surface area (Å²) in [4.78, 5) is 0. The predicted molar refractivity (Wildman–Crippen MR) is 126 cm³/mol. The predicted octanol–water partition coefficient (Wildman–Crippen LogP) is 6.88. The van der Waals surface area contributed by atoms with Crippen molar-refractivity contribution in [3.63, 3.8) is 0 Å². The SMILES string of the molecule is CC1(C)c2ccccc2C(c2ccc3c(=N)c4ccccc4oc3c2)c2ccccc21. The molecule has 0 aliphatic heterocycles. The van der Waals surface area contributed by atoms with Gasteiger partial charge in [0.25, 0.3) is 0 Å². The summed E-state index contributed by atoms with van der Waals surface area (Å²) in [6.45, 7) is 4.63. The van der Waals surface area contributed by atoms with Crippen LogP contribution in [0.5, 0.6) is 0 Å². The molecular formula is C29H23NO. The molecule has 6 rings (SSSR count). The molecule has 0 saturated carbocycles. The van der Waals surface area contributed by atoms with Crippen LogP contribution < -0.4 is 5.36 Å². The van der Waals surface area contributed by atoms with Crippen molar-refractivity contribution < 1.29 is 4.42 Å². The maximum absolute atomic E-state index is 8.67. The van der Waals surface area contributed by atoms with Gasteiger partial charge in [-0.1, -0.05) is 80.6 Å². The van der Waals surface area contributed by atoms with Crippen LogP contribution in [0.25, 0.3) is 21.9 Å².